The van der Waals surface area contributed by atoms with E-state index < -0.39 is 29.8 Å². The molecule has 0 heterocycles. The maximum atomic E-state index is 13.2. The van der Waals surface area contributed by atoms with Gasteiger partial charge in [-0.3, -0.25) is 0 Å². The number of alkyl carbamates (subject to hydrolysis) is 1. The maximum absolute atomic E-state index is 13.2. The summed E-state index contributed by atoms with van der Waals surface area (Å²) in [4.78, 5) is 23.9. The number of benzene rings is 1. The third-order valence-electron chi connectivity index (χ3n) is 3.82. The SMILES string of the molecule is Cc1cc(F)ccc1[C@H](C)[C@H](C)OC(=O)[C@H](C)NC(=O)OC(C)(C)C. The molecule has 0 bridgehead atoms. The number of aryl methyl sites for hydroxylation is 1. The Labute approximate surface area is 148 Å². The van der Waals surface area contributed by atoms with Gasteiger partial charge in [0.2, 0.25) is 0 Å². The number of carbonyl (C=O) groups excluding carboxylic acids is 2. The Morgan fingerprint density at radius 3 is 2.28 bits per heavy atom. The summed E-state index contributed by atoms with van der Waals surface area (Å²) in [5.41, 5.74) is 1.07. The van der Waals surface area contributed by atoms with Crippen LogP contribution in [0.4, 0.5) is 9.18 Å². The summed E-state index contributed by atoms with van der Waals surface area (Å²) in [5.74, 6) is -0.962. The van der Waals surface area contributed by atoms with Crippen molar-refractivity contribution in [2.75, 3.05) is 0 Å². The van der Waals surface area contributed by atoms with Gasteiger partial charge in [0.1, 0.15) is 23.6 Å². The molecule has 0 spiro atoms. The first kappa shape index (κ1) is 20.9. The van der Waals surface area contributed by atoms with E-state index in [9.17, 15) is 14.0 Å². The molecule has 1 rings (SSSR count). The van der Waals surface area contributed by atoms with E-state index in [1.165, 1.54) is 19.1 Å². The Bertz CT molecular complexity index is 624. The highest BCUT2D eigenvalue weighted by Crippen LogP contribution is 2.25. The molecule has 6 heteroatoms. The van der Waals surface area contributed by atoms with Crippen molar-refractivity contribution in [1.29, 1.82) is 0 Å². The smallest absolute Gasteiger partial charge is 0.408 e. The highest BCUT2D eigenvalue weighted by Gasteiger charge is 2.25. The van der Waals surface area contributed by atoms with Crippen LogP contribution in [0, 0.1) is 12.7 Å². The van der Waals surface area contributed by atoms with Crippen molar-refractivity contribution in [2.24, 2.45) is 0 Å². The van der Waals surface area contributed by atoms with Gasteiger partial charge in [-0.25, -0.2) is 14.0 Å². The molecular formula is C19H28FNO4. The molecule has 0 aromatic heterocycles. The zero-order chi connectivity index (χ0) is 19.4. The Morgan fingerprint density at radius 2 is 1.76 bits per heavy atom. The van der Waals surface area contributed by atoms with Gasteiger partial charge in [0.05, 0.1) is 0 Å². The van der Waals surface area contributed by atoms with Gasteiger partial charge in [-0.05, 0) is 64.8 Å². The first-order valence-corrected chi connectivity index (χ1v) is 8.36. The molecule has 1 aromatic rings. The molecule has 1 N–H and O–H groups in total. The predicted molar refractivity (Wildman–Crippen MR) is 93.9 cm³/mol. The van der Waals surface area contributed by atoms with Crippen LogP contribution in [-0.2, 0) is 14.3 Å². The van der Waals surface area contributed by atoms with E-state index in [4.69, 9.17) is 9.47 Å². The lowest BCUT2D eigenvalue weighted by molar-refractivity contribution is -0.151. The molecular weight excluding hydrogens is 325 g/mol. The van der Waals surface area contributed by atoms with E-state index >= 15 is 0 Å². The molecule has 0 saturated carbocycles. The molecule has 25 heavy (non-hydrogen) atoms. The fourth-order valence-corrected chi connectivity index (χ4v) is 2.33. The van der Waals surface area contributed by atoms with Crippen molar-refractivity contribution in [3.63, 3.8) is 0 Å². The summed E-state index contributed by atoms with van der Waals surface area (Å²) in [6, 6.07) is 3.70. The van der Waals surface area contributed by atoms with Gasteiger partial charge < -0.3 is 14.8 Å². The van der Waals surface area contributed by atoms with Crippen molar-refractivity contribution in [1.82, 2.24) is 5.32 Å². The molecule has 0 radical (unpaired) electrons. The molecule has 0 aliphatic rings. The van der Waals surface area contributed by atoms with Gasteiger partial charge in [-0.1, -0.05) is 13.0 Å². The Hall–Kier alpha value is -2.11. The van der Waals surface area contributed by atoms with Gasteiger partial charge in [0.15, 0.2) is 0 Å². The van der Waals surface area contributed by atoms with Crippen molar-refractivity contribution in [2.45, 2.75) is 72.1 Å². The molecule has 0 aliphatic heterocycles. The number of halogens is 1. The molecule has 1 aromatic carbocycles. The van der Waals surface area contributed by atoms with Crippen LogP contribution in [0.1, 0.15) is 58.6 Å². The maximum Gasteiger partial charge on any atom is 0.408 e. The van der Waals surface area contributed by atoms with E-state index in [1.807, 2.05) is 13.8 Å². The molecule has 5 nitrogen and oxygen atoms in total. The van der Waals surface area contributed by atoms with Crippen LogP contribution >= 0.6 is 0 Å². The van der Waals surface area contributed by atoms with E-state index in [-0.39, 0.29) is 11.7 Å². The quantitative estimate of drug-likeness (QED) is 0.810. The van der Waals surface area contributed by atoms with Gasteiger partial charge in [-0.2, -0.15) is 0 Å². The van der Waals surface area contributed by atoms with Gasteiger partial charge in [0.25, 0.3) is 0 Å². The Balaban J connectivity index is 2.64. The van der Waals surface area contributed by atoms with Crippen molar-refractivity contribution < 1.29 is 23.5 Å². The van der Waals surface area contributed by atoms with Crippen LogP contribution in [-0.4, -0.2) is 29.8 Å². The fraction of sp³-hybridized carbons (Fsp3) is 0.579. The minimum atomic E-state index is -0.834. The first-order valence-electron chi connectivity index (χ1n) is 8.36. The van der Waals surface area contributed by atoms with Crippen LogP contribution < -0.4 is 5.32 Å². The van der Waals surface area contributed by atoms with Crippen LogP contribution in [0.25, 0.3) is 0 Å². The number of hydrogen-bond acceptors (Lipinski definition) is 4. The lowest BCUT2D eigenvalue weighted by atomic mass is 9.92. The summed E-state index contributed by atoms with van der Waals surface area (Å²) in [5, 5.41) is 2.45. The Kier molecular flexibility index (Phi) is 6.96. The number of rotatable bonds is 5. The normalized spacial score (nSPS) is 15.0. The number of nitrogens with one attached hydrogen (secondary N) is 1. The van der Waals surface area contributed by atoms with Crippen LogP contribution in [0.15, 0.2) is 18.2 Å². The van der Waals surface area contributed by atoms with E-state index in [1.54, 1.807) is 33.8 Å². The second kappa shape index (κ2) is 8.32. The minimum Gasteiger partial charge on any atom is -0.461 e. The van der Waals surface area contributed by atoms with Crippen LogP contribution in [0.5, 0.6) is 0 Å². The van der Waals surface area contributed by atoms with Gasteiger partial charge in [0, 0.05) is 5.92 Å². The largest absolute Gasteiger partial charge is 0.461 e. The van der Waals surface area contributed by atoms with Crippen molar-refractivity contribution in [3.05, 3.63) is 35.1 Å². The second-order valence-electron chi connectivity index (χ2n) is 7.30. The monoisotopic (exact) mass is 353 g/mol. The molecule has 0 saturated heterocycles. The summed E-state index contributed by atoms with van der Waals surface area (Å²) in [6.07, 6.45) is -1.11. The average Bonchev–Trinajstić information content (AvgIpc) is 2.44. The lowest BCUT2D eigenvalue weighted by Gasteiger charge is -2.25. The number of amides is 1. The van der Waals surface area contributed by atoms with Crippen molar-refractivity contribution in [3.8, 4) is 0 Å². The molecule has 140 valence electrons. The molecule has 0 fully saturated rings. The highest BCUT2D eigenvalue weighted by atomic mass is 19.1. The highest BCUT2D eigenvalue weighted by molar-refractivity contribution is 5.81. The number of hydrogen-bond donors (Lipinski definition) is 1. The zero-order valence-electron chi connectivity index (χ0n) is 16.0. The Morgan fingerprint density at radius 1 is 1.16 bits per heavy atom. The third kappa shape index (κ3) is 6.72. The zero-order valence-corrected chi connectivity index (χ0v) is 16.0. The van der Waals surface area contributed by atoms with E-state index in [0.717, 1.165) is 11.1 Å². The second-order valence-corrected chi connectivity index (χ2v) is 7.30. The van der Waals surface area contributed by atoms with Crippen LogP contribution in [0.2, 0.25) is 0 Å². The minimum absolute atomic E-state index is 0.113. The third-order valence-corrected chi connectivity index (χ3v) is 3.82. The molecule has 3 atom stereocenters. The van der Waals surface area contributed by atoms with E-state index in [0.29, 0.717) is 0 Å². The fourth-order valence-electron chi connectivity index (χ4n) is 2.33. The van der Waals surface area contributed by atoms with Gasteiger partial charge >= 0.3 is 12.1 Å². The molecule has 0 unspecified atom stereocenters. The van der Waals surface area contributed by atoms with Crippen LogP contribution in [0.3, 0.4) is 0 Å². The summed E-state index contributed by atoms with van der Waals surface area (Å²) in [6.45, 7) is 12.2. The summed E-state index contributed by atoms with van der Waals surface area (Å²) >= 11 is 0. The molecule has 0 aliphatic carbocycles. The predicted octanol–water partition coefficient (Wildman–Crippen LogP) is 4.08. The summed E-state index contributed by atoms with van der Waals surface area (Å²) < 4.78 is 23.8. The lowest BCUT2D eigenvalue weighted by Crippen LogP contribution is -2.43. The van der Waals surface area contributed by atoms with Crippen molar-refractivity contribution >= 4 is 12.1 Å². The number of carbonyl (C=O) groups is 2. The topological polar surface area (TPSA) is 64.6 Å². The van der Waals surface area contributed by atoms with E-state index in [2.05, 4.69) is 5.32 Å². The molecule has 1 amide bonds. The number of ether oxygens (including phenoxy) is 2. The first-order chi connectivity index (χ1) is 11.4. The standard InChI is InChI=1S/C19H28FNO4/c1-11-10-15(20)8-9-16(11)12(2)14(4)24-17(22)13(3)21-18(23)25-19(5,6)7/h8-10,12-14H,1-7H3,(H,21,23)/t12-,13+,14+/m1/s1. The average molecular weight is 353 g/mol. The number of esters is 1. The van der Waals surface area contributed by atoms with Gasteiger partial charge in [-0.15, -0.1) is 0 Å². The summed E-state index contributed by atoms with van der Waals surface area (Å²) in [7, 11) is 0.